The second-order valence-corrected chi connectivity index (χ2v) is 7.59. The molecule has 1 aliphatic rings. The van der Waals surface area contributed by atoms with Crippen molar-refractivity contribution in [1.29, 1.82) is 5.26 Å². The normalized spacial score (nSPS) is 18.6. The third-order valence-electron chi connectivity index (χ3n) is 3.87. The van der Waals surface area contributed by atoms with E-state index in [1.807, 2.05) is 18.7 Å². The molecule has 21 heavy (non-hydrogen) atoms. The van der Waals surface area contributed by atoms with Gasteiger partial charge in [-0.15, -0.1) is 0 Å². The summed E-state index contributed by atoms with van der Waals surface area (Å²) < 4.78 is 31.7. The lowest BCUT2D eigenvalue weighted by atomic mass is 10.0. The predicted molar refractivity (Wildman–Crippen MR) is 76.0 cm³/mol. The van der Waals surface area contributed by atoms with Crippen LogP contribution in [0.4, 0.5) is 0 Å². The highest BCUT2D eigenvalue weighted by Gasteiger charge is 2.36. The van der Waals surface area contributed by atoms with E-state index >= 15 is 0 Å². The molecule has 0 N–H and O–H groups in total. The van der Waals surface area contributed by atoms with E-state index in [4.69, 9.17) is 9.78 Å². The van der Waals surface area contributed by atoms with Gasteiger partial charge in [0, 0.05) is 26.2 Å². The van der Waals surface area contributed by atoms with Gasteiger partial charge in [-0.3, -0.25) is 4.90 Å². The van der Waals surface area contributed by atoms with E-state index in [2.05, 4.69) is 11.2 Å². The SMILES string of the molecule is Cc1noc(C)c1S(=O)(=O)N1CCN(C(C)(C)C#N)CC1. The van der Waals surface area contributed by atoms with Crippen LogP contribution in [-0.4, -0.2) is 54.5 Å². The maximum Gasteiger partial charge on any atom is 0.248 e. The van der Waals surface area contributed by atoms with E-state index in [9.17, 15) is 8.42 Å². The van der Waals surface area contributed by atoms with Crippen molar-refractivity contribution < 1.29 is 12.9 Å². The average molecular weight is 312 g/mol. The van der Waals surface area contributed by atoms with Gasteiger partial charge in [-0.05, 0) is 27.7 Å². The lowest BCUT2D eigenvalue weighted by molar-refractivity contribution is 0.115. The van der Waals surface area contributed by atoms with E-state index in [0.29, 0.717) is 37.6 Å². The van der Waals surface area contributed by atoms with Crippen LogP contribution >= 0.6 is 0 Å². The lowest BCUT2D eigenvalue weighted by Gasteiger charge is -2.39. The molecule has 0 aromatic carbocycles. The Labute approximate surface area is 125 Å². The van der Waals surface area contributed by atoms with Crippen LogP contribution in [0.25, 0.3) is 0 Å². The first-order chi connectivity index (χ1) is 9.70. The third kappa shape index (κ3) is 2.81. The Bertz CT molecular complexity index is 645. The summed E-state index contributed by atoms with van der Waals surface area (Å²) in [6.45, 7) is 8.68. The molecule has 1 saturated heterocycles. The zero-order valence-corrected chi connectivity index (χ0v) is 13.6. The number of rotatable bonds is 3. The van der Waals surface area contributed by atoms with Crippen LogP contribution in [0, 0.1) is 25.2 Å². The van der Waals surface area contributed by atoms with Crippen LogP contribution in [0.5, 0.6) is 0 Å². The number of nitriles is 1. The summed E-state index contributed by atoms with van der Waals surface area (Å²) in [7, 11) is -3.59. The highest BCUT2D eigenvalue weighted by atomic mass is 32.2. The van der Waals surface area contributed by atoms with Crippen LogP contribution < -0.4 is 0 Å². The van der Waals surface area contributed by atoms with Crippen molar-refractivity contribution in [2.75, 3.05) is 26.2 Å². The van der Waals surface area contributed by atoms with Gasteiger partial charge in [0.2, 0.25) is 10.0 Å². The molecule has 7 nitrogen and oxygen atoms in total. The van der Waals surface area contributed by atoms with Crippen molar-refractivity contribution in [3.63, 3.8) is 0 Å². The molecule has 1 aromatic heterocycles. The standard InChI is InChI=1S/C13H20N4O3S/c1-10-12(11(2)20-15-10)21(18,19)17-7-5-16(6-8-17)13(3,4)9-14/h5-8H2,1-4H3. The number of nitrogens with zero attached hydrogens (tertiary/aromatic N) is 4. The second-order valence-electron chi connectivity index (χ2n) is 5.72. The minimum atomic E-state index is -3.59. The van der Waals surface area contributed by atoms with Crippen molar-refractivity contribution in [2.24, 2.45) is 0 Å². The van der Waals surface area contributed by atoms with Crippen molar-refractivity contribution in [1.82, 2.24) is 14.4 Å². The predicted octanol–water partition coefficient (Wildman–Crippen LogP) is 0.900. The summed E-state index contributed by atoms with van der Waals surface area (Å²) in [6.07, 6.45) is 0. The van der Waals surface area contributed by atoms with Crippen molar-refractivity contribution in [3.8, 4) is 6.07 Å². The van der Waals surface area contributed by atoms with Gasteiger partial charge >= 0.3 is 0 Å². The summed E-state index contributed by atoms with van der Waals surface area (Å²) in [5, 5.41) is 12.9. The van der Waals surface area contributed by atoms with Crippen LogP contribution in [-0.2, 0) is 10.0 Å². The van der Waals surface area contributed by atoms with Gasteiger partial charge in [0.25, 0.3) is 0 Å². The van der Waals surface area contributed by atoms with Gasteiger partial charge in [-0.2, -0.15) is 9.57 Å². The maximum atomic E-state index is 12.7. The number of aryl methyl sites for hydroxylation is 2. The van der Waals surface area contributed by atoms with Gasteiger partial charge in [0.1, 0.15) is 16.1 Å². The van der Waals surface area contributed by atoms with E-state index < -0.39 is 15.6 Å². The van der Waals surface area contributed by atoms with Gasteiger partial charge in [-0.25, -0.2) is 8.42 Å². The molecule has 0 amide bonds. The summed E-state index contributed by atoms with van der Waals surface area (Å²) >= 11 is 0. The molecular formula is C13H20N4O3S. The van der Waals surface area contributed by atoms with Gasteiger partial charge in [0.15, 0.2) is 5.76 Å². The molecule has 0 bridgehead atoms. The highest BCUT2D eigenvalue weighted by Crippen LogP contribution is 2.25. The Morgan fingerprint density at radius 3 is 2.24 bits per heavy atom. The fourth-order valence-corrected chi connectivity index (χ4v) is 4.24. The third-order valence-corrected chi connectivity index (χ3v) is 6.01. The zero-order chi connectivity index (χ0) is 15.8. The first-order valence-electron chi connectivity index (χ1n) is 6.79. The number of piperazine rings is 1. The maximum absolute atomic E-state index is 12.7. The molecule has 116 valence electrons. The largest absolute Gasteiger partial charge is 0.360 e. The fraction of sp³-hybridized carbons (Fsp3) is 0.692. The van der Waals surface area contributed by atoms with Crippen LogP contribution in [0.3, 0.4) is 0 Å². The molecule has 8 heteroatoms. The Morgan fingerprint density at radius 2 is 1.81 bits per heavy atom. The van der Waals surface area contributed by atoms with Gasteiger partial charge in [0.05, 0.1) is 6.07 Å². The molecule has 1 aliphatic heterocycles. The summed E-state index contributed by atoms with van der Waals surface area (Å²) in [4.78, 5) is 2.15. The Hall–Kier alpha value is -1.43. The molecule has 1 fully saturated rings. The molecular weight excluding hydrogens is 292 g/mol. The van der Waals surface area contributed by atoms with E-state index in [1.165, 1.54) is 4.31 Å². The molecule has 0 radical (unpaired) electrons. The van der Waals surface area contributed by atoms with Crippen LogP contribution in [0.1, 0.15) is 25.3 Å². The van der Waals surface area contributed by atoms with E-state index in [-0.39, 0.29) is 4.90 Å². The first-order valence-corrected chi connectivity index (χ1v) is 8.23. The molecule has 0 atom stereocenters. The van der Waals surface area contributed by atoms with Crippen molar-refractivity contribution in [3.05, 3.63) is 11.5 Å². The van der Waals surface area contributed by atoms with Crippen LogP contribution in [0.15, 0.2) is 9.42 Å². The minimum Gasteiger partial charge on any atom is -0.360 e. The minimum absolute atomic E-state index is 0.162. The first kappa shape index (κ1) is 15.9. The van der Waals surface area contributed by atoms with Crippen molar-refractivity contribution in [2.45, 2.75) is 38.1 Å². The summed E-state index contributed by atoms with van der Waals surface area (Å²) in [5.41, 5.74) is -0.203. The van der Waals surface area contributed by atoms with E-state index in [1.54, 1.807) is 13.8 Å². The summed E-state index contributed by atoms with van der Waals surface area (Å²) in [6, 6.07) is 2.24. The molecule has 0 saturated carbocycles. The fourth-order valence-electron chi connectivity index (χ4n) is 2.53. The number of sulfonamides is 1. The van der Waals surface area contributed by atoms with Gasteiger partial charge in [-0.1, -0.05) is 5.16 Å². The Morgan fingerprint density at radius 1 is 1.24 bits per heavy atom. The van der Waals surface area contributed by atoms with Crippen LogP contribution in [0.2, 0.25) is 0 Å². The Kier molecular flexibility index (Phi) is 4.10. The zero-order valence-electron chi connectivity index (χ0n) is 12.8. The number of aromatic nitrogens is 1. The monoisotopic (exact) mass is 312 g/mol. The topological polar surface area (TPSA) is 90.4 Å². The van der Waals surface area contributed by atoms with E-state index in [0.717, 1.165) is 0 Å². The highest BCUT2D eigenvalue weighted by molar-refractivity contribution is 7.89. The molecule has 1 aromatic rings. The molecule has 0 aliphatic carbocycles. The smallest absolute Gasteiger partial charge is 0.248 e. The average Bonchev–Trinajstić information content (AvgIpc) is 2.79. The molecule has 2 rings (SSSR count). The van der Waals surface area contributed by atoms with Crippen molar-refractivity contribution >= 4 is 10.0 Å². The molecule has 2 heterocycles. The quantitative estimate of drug-likeness (QED) is 0.823. The lowest BCUT2D eigenvalue weighted by Crippen LogP contribution is -2.55. The molecule has 0 spiro atoms. The van der Waals surface area contributed by atoms with Gasteiger partial charge < -0.3 is 4.52 Å². The Balaban J connectivity index is 2.18. The number of hydrogen-bond acceptors (Lipinski definition) is 6. The molecule has 0 unspecified atom stereocenters. The second kappa shape index (κ2) is 5.40. The summed E-state index contributed by atoms with van der Waals surface area (Å²) in [5.74, 6) is 0.312. The number of hydrogen-bond donors (Lipinski definition) is 0.